The van der Waals surface area contributed by atoms with Gasteiger partial charge in [-0.05, 0) is 23.1 Å². The lowest BCUT2D eigenvalue weighted by Gasteiger charge is -2.02. The summed E-state index contributed by atoms with van der Waals surface area (Å²) < 4.78 is 5.19. The van der Waals surface area contributed by atoms with E-state index in [-0.39, 0.29) is 0 Å². The molecule has 0 N–H and O–H groups in total. The highest BCUT2D eigenvalue weighted by molar-refractivity contribution is 9.62. The largest absolute Gasteiger partial charge is 0.426 e. The Morgan fingerprint density at radius 3 is 2.62 bits per heavy atom. The van der Waals surface area contributed by atoms with Crippen molar-refractivity contribution in [2.24, 2.45) is 0 Å². The van der Waals surface area contributed by atoms with E-state index in [9.17, 15) is 0 Å². The lowest BCUT2D eigenvalue weighted by Crippen LogP contribution is -2.02. The van der Waals surface area contributed by atoms with Gasteiger partial charge in [-0.15, -0.1) is 0 Å². The van der Waals surface area contributed by atoms with Crippen molar-refractivity contribution in [2.75, 3.05) is 0 Å². The number of hydrogen-bond donors (Lipinski definition) is 0. The van der Waals surface area contributed by atoms with E-state index in [4.69, 9.17) is 4.65 Å². The molecule has 1 nitrogen and oxygen atoms in total. The molecule has 0 saturated carbocycles. The molecule has 0 fully saturated rings. The molecule has 0 aliphatic carbocycles. The van der Waals surface area contributed by atoms with Gasteiger partial charge in [0.15, 0.2) is 0 Å². The maximum Gasteiger partial charge on any atom is 0.354 e. The summed E-state index contributed by atoms with van der Waals surface area (Å²) in [5, 5.41) is 0. The predicted octanol–water partition coefficient (Wildman–Crippen LogP) is 2.37. The van der Waals surface area contributed by atoms with Crippen LogP contribution in [0.25, 0.3) is 0 Å². The van der Waals surface area contributed by atoms with Gasteiger partial charge in [0.25, 0.3) is 0 Å². The van der Waals surface area contributed by atoms with Crippen LogP contribution in [0.3, 0.4) is 0 Å². The topological polar surface area (TPSA) is 9.23 Å². The normalized spacial score (nSPS) is 10.0. The van der Waals surface area contributed by atoms with E-state index in [1.165, 1.54) is 0 Å². The molecule has 0 heterocycles. The van der Waals surface area contributed by atoms with Gasteiger partial charge >= 0.3 is 6.76 Å². The molecule has 0 atom stereocenters. The molecule has 8 heavy (non-hydrogen) atoms. The van der Waals surface area contributed by atoms with Crippen LogP contribution < -0.4 is 0 Å². The molecule has 48 valence electrons. The smallest absolute Gasteiger partial charge is 0.354 e. The van der Waals surface area contributed by atoms with Gasteiger partial charge in [0.05, 0.1) is 0 Å². The van der Waals surface area contributed by atoms with Gasteiger partial charge in [-0.3, -0.25) is 0 Å². The van der Waals surface area contributed by atoms with Crippen molar-refractivity contribution in [2.45, 2.75) is 20.0 Å². The lowest BCUT2D eigenvalue weighted by atomic mass is 10.4. The van der Waals surface area contributed by atoms with Crippen molar-refractivity contribution >= 4 is 41.4 Å². The van der Waals surface area contributed by atoms with E-state index in [1.807, 2.05) is 13.8 Å². The van der Waals surface area contributed by atoms with Crippen molar-refractivity contribution in [1.82, 2.24) is 0 Å². The summed E-state index contributed by atoms with van der Waals surface area (Å²) in [6.07, 6.45) is 0.349. The molecular weight excluding hydrogens is 207 g/mol. The SMILES string of the molecule is CC(C)OBSSBr. The lowest BCUT2D eigenvalue weighted by molar-refractivity contribution is 0.264. The Hall–Kier alpha value is 1.20. The molecule has 0 rings (SSSR count). The molecule has 0 bridgehead atoms. The second kappa shape index (κ2) is 6.33. The average molecular weight is 215 g/mol. The third-order valence-electron chi connectivity index (χ3n) is 0.494. The van der Waals surface area contributed by atoms with Crippen molar-refractivity contribution < 1.29 is 4.65 Å². The van der Waals surface area contributed by atoms with Crippen molar-refractivity contribution in [3.05, 3.63) is 0 Å². The van der Waals surface area contributed by atoms with Crippen LogP contribution in [0.15, 0.2) is 0 Å². The quantitative estimate of drug-likeness (QED) is 0.404. The Balaban J connectivity index is 2.72. The van der Waals surface area contributed by atoms with Gasteiger partial charge in [-0.1, -0.05) is 10.6 Å². The molecule has 0 aromatic rings. The zero-order valence-corrected chi connectivity index (χ0v) is 8.11. The first-order valence-corrected chi connectivity index (χ1v) is 6.45. The van der Waals surface area contributed by atoms with E-state index in [0.717, 1.165) is 6.76 Å². The summed E-state index contributed by atoms with van der Waals surface area (Å²) in [6, 6.07) is 0. The van der Waals surface area contributed by atoms with Gasteiger partial charge in [-0.25, -0.2) is 0 Å². The minimum Gasteiger partial charge on any atom is -0.426 e. The summed E-state index contributed by atoms with van der Waals surface area (Å²) in [5.41, 5.74) is 0. The number of halogens is 1. The summed E-state index contributed by atoms with van der Waals surface area (Å²) in [4.78, 5) is 0. The van der Waals surface area contributed by atoms with Crippen molar-refractivity contribution in [3.8, 4) is 0 Å². The zero-order chi connectivity index (χ0) is 6.41. The fraction of sp³-hybridized carbons (Fsp3) is 1.00. The molecule has 0 aliphatic rings. The van der Waals surface area contributed by atoms with Crippen LogP contribution in [0, 0.1) is 0 Å². The van der Waals surface area contributed by atoms with Gasteiger partial charge in [-0.2, -0.15) is 0 Å². The third-order valence-corrected chi connectivity index (χ3v) is 3.05. The first-order valence-electron chi connectivity index (χ1n) is 2.29. The average Bonchev–Trinajstić information content (AvgIpc) is 1.66. The number of hydrogen-bond acceptors (Lipinski definition) is 3. The van der Waals surface area contributed by atoms with Crippen LogP contribution in [0.4, 0.5) is 0 Å². The maximum atomic E-state index is 5.19. The van der Waals surface area contributed by atoms with E-state index in [1.54, 1.807) is 19.9 Å². The number of rotatable bonds is 4. The predicted molar refractivity (Wildman–Crippen MR) is 47.5 cm³/mol. The zero-order valence-electron chi connectivity index (χ0n) is 4.89. The van der Waals surface area contributed by atoms with Gasteiger partial charge < -0.3 is 4.65 Å². The highest BCUT2D eigenvalue weighted by atomic mass is 79.9. The fourth-order valence-corrected chi connectivity index (χ4v) is 1.51. The molecule has 5 heteroatoms. The molecule has 0 unspecified atom stereocenters. The van der Waals surface area contributed by atoms with Gasteiger partial charge in [0.1, 0.15) is 0 Å². The molecule has 0 radical (unpaired) electrons. The summed E-state index contributed by atoms with van der Waals surface area (Å²) in [7, 11) is 3.20. The van der Waals surface area contributed by atoms with Crippen LogP contribution in [-0.4, -0.2) is 12.9 Å². The Labute approximate surface area is 66.1 Å². The second-order valence-electron chi connectivity index (χ2n) is 1.51. The Morgan fingerprint density at radius 2 is 2.25 bits per heavy atom. The minimum absolute atomic E-state index is 0.349. The fourth-order valence-electron chi connectivity index (χ4n) is 0.182. The second-order valence-corrected chi connectivity index (χ2v) is 5.58. The molecule has 0 amide bonds. The van der Waals surface area contributed by atoms with Gasteiger partial charge in [0.2, 0.25) is 0 Å². The molecule has 0 saturated heterocycles. The Bertz CT molecular complexity index is 54.5. The van der Waals surface area contributed by atoms with Crippen LogP contribution in [0.5, 0.6) is 0 Å². The highest BCUT2D eigenvalue weighted by Crippen LogP contribution is 2.26. The summed E-state index contributed by atoms with van der Waals surface area (Å²) >= 11 is 3.20. The summed E-state index contributed by atoms with van der Waals surface area (Å²) in [6.45, 7) is 4.81. The third kappa shape index (κ3) is 7.20. The van der Waals surface area contributed by atoms with E-state index in [0.29, 0.717) is 6.10 Å². The highest BCUT2D eigenvalue weighted by Gasteiger charge is 1.93. The Kier molecular flexibility index (Phi) is 7.28. The minimum atomic E-state index is 0.349. The van der Waals surface area contributed by atoms with E-state index >= 15 is 0 Å². The first-order chi connectivity index (χ1) is 3.77. The van der Waals surface area contributed by atoms with Crippen LogP contribution >= 0.6 is 34.7 Å². The molecule has 0 aliphatic heterocycles. The monoisotopic (exact) mass is 214 g/mol. The summed E-state index contributed by atoms with van der Waals surface area (Å²) in [5.74, 6) is 0. The van der Waals surface area contributed by atoms with Crippen LogP contribution in [0.1, 0.15) is 13.8 Å². The standard InChI is InChI=1S/C3H8BBrOS2/c1-3(2)6-4-7-8-5/h3-4H,1-2H3. The van der Waals surface area contributed by atoms with E-state index < -0.39 is 0 Å². The van der Waals surface area contributed by atoms with Gasteiger partial charge in [0, 0.05) is 20.9 Å². The van der Waals surface area contributed by atoms with Crippen LogP contribution in [0.2, 0.25) is 0 Å². The van der Waals surface area contributed by atoms with E-state index in [2.05, 4.69) is 14.8 Å². The molecule has 0 aromatic carbocycles. The van der Waals surface area contributed by atoms with Crippen molar-refractivity contribution in [1.29, 1.82) is 0 Å². The Morgan fingerprint density at radius 1 is 1.62 bits per heavy atom. The van der Waals surface area contributed by atoms with Crippen LogP contribution in [-0.2, 0) is 4.65 Å². The molecule has 0 spiro atoms. The first kappa shape index (κ1) is 9.20. The molecule has 0 aromatic heterocycles. The maximum absolute atomic E-state index is 5.19. The molecular formula is C3H8BBrOS2. The van der Waals surface area contributed by atoms with Crippen molar-refractivity contribution in [3.63, 3.8) is 0 Å².